The summed E-state index contributed by atoms with van der Waals surface area (Å²) in [7, 11) is 0. The molecule has 142 valence electrons. The number of hydrogen-bond donors (Lipinski definition) is 1. The number of hydrogen-bond acceptors (Lipinski definition) is 6. The Labute approximate surface area is 167 Å². The van der Waals surface area contributed by atoms with Crippen molar-refractivity contribution < 1.29 is 9.53 Å². The van der Waals surface area contributed by atoms with Crippen molar-refractivity contribution in [3.8, 4) is 11.3 Å². The lowest BCUT2D eigenvalue weighted by atomic mass is 10.1. The second-order valence-corrected chi connectivity index (χ2v) is 7.25. The maximum Gasteiger partial charge on any atom is 0.271 e. The van der Waals surface area contributed by atoms with Gasteiger partial charge in [-0.1, -0.05) is 59.9 Å². The van der Waals surface area contributed by atoms with Crippen LogP contribution in [-0.2, 0) is 4.74 Å². The summed E-state index contributed by atoms with van der Waals surface area (Å²) in [6, 6.07) is 19.0. The molecule has 0 saturated carbocycles. The highest BCUT2D eigenvalue weighted by Crippen LogP contribution is 2.32. The summed E-state index contributed by atoms with van der Waals surface area (Å²) >= 11 is 1.57. The molecule has 3 aromatic rings. The van der Waals surface area contributed by atoms with Gasteiger partial charge in [-0.05, 0) is 12.1 Å². The Morgan fingerprint density at radius 3 is 2.46 bits per heavy atom. The third-order valence-corrected chi connectivity index (χ3v) is 5.41. The van der Waals surface area contributed by atoms with Gasteiger partial charge >= 0.3 is 0 Å². The smallest absolute Gasteiger partial charge is 0.271 e. The molecule has 0 atom stereocenters. The Bertz CT molecular complexity index is 951. The fourth-order valence-corrected chi connectivity index (χ4v) is 3.91. The van der Waals surface area contributed by atoms with E-state index in [1.54, 1.807) is 29.7 Å². The van der Waals surface area contributed by atoms with Crippen LogP contribution in [0.1, 0.15) is 15.2 Å². The summed E-state index contributed by atoms with van der Waals surface area (Å²) in [6.07, 6.45) is 1.67. The molecule has 0 radical (unpaired) electrons. The van der Waals surface area contributed by atoms with Gasteiger partial charge < -0.3 is 9.64 Å². The van der Waals surface area contributed by atoms with E-state index < -0.39 is 0 Å². The van der Waals surface area contributed by atoms with Crippen LogP contribution >= 0.6 is 11.3 Å². The van der Waals surface area contributed by atoms with Crippen LogP contribution in [0, 0.1) is 0 Å². The topological polar surface area (TPSA) is 66.8 Å². The summed E-state index contributed by atoms with van der Waals surface area (Å²) in [5, 5.41) is 5.11. The molecule has 1 fully saturated rings. The molecule has 2 heterocycles. The maximum absolute atomic E-state index is 12.2. The third-order valence-electron chi connectivity index (χ3n) is 4.35. The predicted molar refractivity (Wildman–Crippen MR) is 112 cm³/mol. The van der Waals surface area contributed by atoms with Crippen molar-refractivity contribution in [1.29, 1.82) is 0 Å². The molecule has 2 aromatic carbocycles. The molecule has 0 spiro atoms. The lowest BCUT2D eigenvalue weighted by molar-refractivity contribution is 0.0955. The monoisotopic (exact) mass is 392 g/mol. The van der Waals surface area contributed by atoms with Crippen molar-refractivity contribution in [3.05, 3.63) is 71.1 Å². The highest BCUT2D eigenvalue weighted by Gasteiger charge is 2.18. The van der Waals surface area contributed by atoms with E-state index in [0.717, 1.165) is 34.4 Å². The molecule has 0 aliphatic carbocycles. The fourth-order valence-electron chi connectivity index (χ4n) is 2.90. The minimum Gasteiger partial charge on any atom is -0.378 e. The normalized spacial score (nSPS) is 14.4. The Hall–Kier alpha value is -3.03. The number of carbonyl (C=O) groups is 1. The minimum absolute atomic E-state index is 0.240. The van der Waals surface area contributed by atoms with Gasteiger partial charge in [0, 0.05) is 24.2 Å². The first-order valence-corrected chi connectivity index (χ1v) is 9.90. The lowest BCUT2D eigenvalue weighted by Gasteiger charge is -2.26. The molecule has 1 aromatic heterocycles. The zero-order valence-electron chi connectivity index (χ0n) is 15.2. The quantitative estimate of drug-likeness (QED) is 0.534. The summed E-state index contributed by atoms with van der Waals surface area (Å²) in [5.74, 6) is -0.240. The van der Waals surface area contributed by atoms with Gasteiger partial charge in [-0.2, -0.15) is 5.10 Å². The molecule has 1 aliphatic heterocycles. The van der Waals surface area contributed by atoms with Crippen molar-refractivity contribution in [1.82, 2.24) is 10.4 Å². The van der Waals surface area contributed by atoms with Gasteiger partial charge in [-0.3, -0.25) is 4.79 Å². The number of nitrogens with zero attached hydrogens (tertiary/aromatic N) is 3. The molecular weight excluding hydrogens is 372 g/mol. The standard InChI is InChI=1S/C21H20N4O2S/c26-20(17-9-5-2-6-10-17)24-22-15-18-19(16-7-3-1-4-8-16)23-21(28-18)25-11-13-27-14-12-25/h1-10,15H,11-14H2,(H,24,26)/b22-15-. The fraction of sp³-hybridized carbons (Fsp3) is 0.190. The highest BCUT2D eigenvalue weighted by atomic mass is 32.1. The van der Waals surface area contributed by atoms with E-state index in [1.165, 1.54) is 0 Å². The van der Waals surface area contributed by atoms with Crippen LogP contribution in [0.15, 0.2) is 65.8 Å². The first-order chi connectivity index (χ1) is 13.8. The summed E-state index contributed by atoms with van der Waals surface area (Å²) in [6.45, 7) is 3.06. The zero-order valence-corrected chi connectivity index (χ0v) is 16.1. The molecular formula is C21H20N4O2S. The van der Waals surface area contributed by atoms with Gasteiger partial charge in [0.1, 0.15) is 0 Å². The van der Waals surface area contributed by atoms with E-state index in [0.29, 0.717) is 18.8 Å². The van der Waals surface area contributed by atoms with Crippen LogP contribution in [0.2, 0.25) is 0 Å². The van der Waals surface area contributed by atoms with Crippen LogP contribution < -0.4 is 10.3 Å². The minimum atomic E-state index is -0.240. The number of thiazole rings is 1. The number of aromatic nitrogens is 1. The van der Waals surface area contributed by atoms with Crippen LogP contribution in [0.25, 0.3) is 11.3 Å². The molecule has 4 rings (SSSR count). The zero-order chi connectivity index (χ0) is 19.2. The Morgan fingerprint density at radius 1 is 1.07 bits per heavy atom. The third kappa shape index (κ3) is 4.27. The molecule has 28 heavy (non-hydrogen) atoms. The molecule has 0 bridgehead atoms. The van der Waals surface area contributed by atoms with E-state index in [4.69, 9.17) is 9.72 Å². The molecule has 1 N–H and O–H groups in total. The van der Waals surface area contributed by atoms with E-state index in [1.807, 2.05) is 48.5 Å². The predicted octanol–water partition coefficient (Wildman–Crippen LogP) is 3.41. The van der Waals surface area contributed by atoms with E-state index in [2.05, 4.69) is 15.4 Å². The lowest BCUT2D eigenvalue weighted by Crippen LogP contribution is -2.36. The average molecular weight is 392 g/mol. The number of hydrazone groups is 1. The first kappa shape index (κ1) is 18.3. The number of carbonyl (C=O) groups excluding carboxylic acids is 1. The summed E-state index contributed by atoms with van der Waals surface area (Å²) < 4.78 is 5.44. The van der Waals surface area contributed by atoms with Crippen molar-refractivity contribution >= 4 is 28.6 Å². The second-order valence-electron chi connectivity index (χ2n) is 6.24. The Balaban J connectivity index is 1.57. The van der Waals surface area contributed by atoms with Gasteiger partial charge in [0.2, 0.25) is 0 Å². The Kier molecular flexibility index (Phi) is 5.75. The van der Waals surface area contributed by atoms with Gasteiger partial charge in [0.05, 0.1) is 30.0 Å². The number of rotatable bonds is 5. The number of amides is 1. The largest absolute Gasteiger partial charge is 0.378 e. The number of nitrogens with one attached hydrogen (secondary N) is 1. The number of benzene rings is 2. The maximum atomic E-state index is 12.2. The SMILES string of the molecule is O=C(N/N=C\c1sc(N2CCOCC2)nc1-c1ccccc1)c1ccccc1. The summed E-state index contributed by atoms with van der Waals surface area (Å²) in [4.78, 5) is 20.2. The number of ether oxygens (including phenoxy) is 1. The molecule has 0 unspecified atom stereocenters. The number of anilines is 1. The molecule has 7 heteroatoms. The van der Waals surface area contributed by atoms with Crippen molar-refractivity contribution in [3.63, 3.8) is 0 Å². The van der Waals surface area contributed by atoms with Crippen molar-refractivity contribution in [2.24, 2.45) is 5.10 Å². The highest BCUT2D eigenvalue weighted by molar-refractivity contribution is 7.17. The first-order valence-electron chi connectivity index (χ1n) is 9.08. The second kappa shape index (κ2) is 8.77. The molecule has 1 saturated heterocycles. The van der Waals surface area contributed by atoms with Crippen molar-refractivity contribution in [2.45, 2.75) is 0 Å². The van der Waals surface area contributed by atoms with Gasteiger partial charge in [-0.25, -0.2) is 10.4 Å². The summed E-state index contributed by atoms with van der Waals surface area (Å²) in [5.41, 5.74) is 5.05. The van der Waals surface area contributed by atoms with Crippen molar-refractivity contribution in [2.75, 3.05) is 31.2 Å². The van der Waals surface area contributed by atoms with Crippen LogP contribution in [0.4, 0.5) is 5.13 Å². The van der Waals surface area contributed by atoms with Gasteiger partial charge in [-0.15, -0.1) is 0 Å². The van der Waals surface area contributed by atoms with E-state index >= 15 is 0 Å². The van der Waals surface area contributed by atoms with E-state index in [-0.39, 0.29) is 5.91 Å². The van der Waals surface area contributed by atoms with E-state index in [9.17, 15) is 4.79 Å². The van der Waals surface area contributed by atoms with Crippen LogP contribution in [0.3, 0.4) is 0 Å². The Morgan fingerprint density at radius 2 is 1.75 bits per heavy atom. The van der Waals surface area contributed by atoms with Gasteiger partial charge in [0.25, 0.3) is 5.91 Å². The average Bonchev–Trinajstić information content (AvgIpc) is 3.20. The van der Waals surface area contributed by atoms with Gasteiger partial charge in [0.15, 0.2) is 5.13 Å². The molecule has 6 nitrogen and oxygen atoms in total. The molecule has 1 amide bonds. The van der Waals surface area contributed by atoms with Crippen LogP contribution in [0.5, 0.6) is 0 Å². The van der Waals surface area contributed by atoms with Crippen LogP contribution in [-0.4, -0.2) is 43.4 Å². The number of morpholine rings is 1. The molecule has 1 aliphatic rings.